The fraction of sp³-hybridized carbons (Fsp3) is 0.700. The van der Waals surface area contributed by atoms with Crippen LogP contribution in [0.4, 0.5) is 0 Å². The van der Waals surface area contributed by atoms with Crippen LogP contribution in [0, 0.1) is 10.8 Å². The summed E-state index contributed by atoms with van der Waals surface area (Å²) < 4.78 is 0. The molecule has 0 radical (unpaired) electrons. The first-order chi connectivity index (χ1) is 5.08. The summed E-state index contributed by atoms with van der Waals surface area (Å²) in [5, 5.41) is 0. The van der Waals surface area contributed by atoms with E-state index in [1.54, 1.807) is 0 Å². The van der Waals surface area contributed by atoms with Gasteiger partial charge in [0.05, 0.1) is 0 Å². The number of carbonyl (C=O) groups excluding carboxylic acids is 1. The summed E-state index contributed by atoms with van der Waals surface area (Å²) in [4.78, 5) is 10.8. The predicted molar refractivity (Wildman–Crippen MR) is 46.3 cm³/mol. The molecule has 0 saturated heterocycles. The molecule has 0 aliphatic heterocycles. The molecule has 1 aliphatic carbocycles. The van der Waals surface area contributed by atoms with Gasteiger partial charge in [-0.05, 0) is 25.2 Å². The third-order valence-electron chi connectivity index (χ3n) is 2.92. The Morgan fingerprint density at radius 2 is 2.00 bits per heavy atom. The van der Waals surface area contributed by atoms with Gasteiger partial charge < -0.3 is 4.79 Å². The molecule has 1 nitrogen and oxygen atoms in total. The second kappa shape index (κ2) is 2.47. The van der Waals surface area contributed by atoms with Crippen molar-refractivity contribution in [3.05, 3.63) is 12.2 Å². The highest BCUT2D eigenvalue weighted by Gasteiger charge is 2.60. The maximum absolute atomic E-state index is 10.8. The van der Waals surface area contributed by atoms with Gasteiger partial charge in [-0.2, -0.15) is 0 Å². The first-order valence-corrected chi connectivity index (χ1v) is 4.15. The first-order valence-electron chi connectivity index (χ1n) is 4.15. The highest BCUT2D eigenvalue weighted by Crippen LogP contribution is 2.64. The van der Waals surface area contributed by atoms with Crippen molar-refractivity contribution in [2.75, 3.05) is 0 Å². The Bertz CT molecular complexity index is 191. The second-order valence-electron chi connectivity index (χ2n) is 4.11. The van der Waals surface area contributed by atoms with Gasteiger partial charge >= 0.3 is 0 Å². The minimum absolute atomic E-state index is 0.0283. The molecule has 0 heterocycles. The molecule has 0 N–H and O–H groups in total. The number of carbonyl (C=O) groups is 1. The van der Waals surface area contributed by atoms with Crippen molar-refractivity contribution in [1.29, 1.82) is 0 Å². The number of hydrogen-bond acceptors (Lipinski definition) is 1. The summed E-state index contributed by atoms with van der Waals surface area (Å²) >= 11 is 0. The molecular weight excluding hydrogens is 136 g/mol. The van der Waals surface area contributed by atoms with Crippen LogP contribution in [0.5, 0.6) is 0 Å². The van der Waals surface area contributed by atoms with Crippen LogP contribution in [0.1, 0.15) is 33.6 Å². The van der Waals surface area contributed by atoms with Crippen LogP contribution in [-0.2, 0) is 4.79 Å². The predicted octanol–water partition coefficient (Wildman–Crippen LogP) is 2.57. The van der Waals surface area contributed by atoms with E-state index < -0.39 is 0 Å². The third kappa shape index (κ3) is 1.24. The zero-order valence-corrected chi connectivity index (χ0v) is 7.55. The van der Waals surface area contributed by atoms with Crippen molar-refractivity contribution in [2.45, 2.75) is 33.6 Å². The average Bonchev–Trinajstić information content (AvgIpc) is 2.50. The Hall–Kier alpha value is -0.590. The number of allylic oxidation sites excluding steroid dienone is 2. The Morgan fingerprint density at radius 1 is 1.45 bits per heavy atom. The SMILES string of the molecule is C/C=C/CC1(C=O)CC1(C)C. The molecule has 1 unspecified atom stereocenters. The van der Waals surface area contributed by atoms with Gasteiger partial charge in [0.25, 0.3) is 0 Å². The van der Waals surface area contributed by atoms with E-state index in [1.165, 1.54) is 0 Å². The zero-order chi connectivity index (χ0) is 8.54. The molecule has 1 heteroatoms. The molecule has 62 valence electrons. The Morgan fingerprint density at radius 3 is 2.27 bits per heavy atom. The van der Waals surface area contributed by atoms with Crippen LogP contribution in [0.15, 0.2) is 12.2 Å². The molecule has 1 saturated carbocycles. The lowest BCUT2D eigenvalue weighted by Gasteiger charge is -2.09. The van der Waals surface area contributed by atoms with Crippen molar-refractivity contribution in [3.63, 3.8) is 0 Å². The van der Waals surface area contributed by atoms with Crippen LogP contribution in [-0.4, -0.2) is 6.29 Å². The molecule has 1 aliphatic rings. The van der Waals surface area contributed by atoms with Crippen molar-refractivity contribution in [2.24, 2.45) is 10.8 Å². The van der Waals surface area contributed by atoms with E-state index in [0.717, 1.165) is 19.1 Å². The van der Waals surface area contributed by atoms with Gasteiger partial charge in [-0.3, -0.25) is 0 Å². The average molecular weight is 152 g/mol. The summed E-state index contributed by atoms with van der Waals surface area (Å²) in [6.07, 6.45) is 7.20. The van der Waals surface area contributed by atoms with E-state index >= 15 is 0 Å². The maximum atomic E-state index is 10.8. The lowest BCUT2D eigenvalue weighted by Crippen LogP contribution is -2.08. The van der Waals surface area contributed by atoms with Gasteiger partial charge in [-0.1, -0.05) is 26.0 Å². The zero-order valence-electron chi connectivity index (χ0n) is 7.55. The third-order valence-corrected chi connectivity index (χ3v) is 2.92. The summed E-state index contributed by atoms with van der Waals surface area (Å²) in [5.74, 6) is 0. The van der Waals surface area contributed by atoms with Gasteiger partial charge in [-0.25, -0.2) is 0 Å². The van der Waals surface area contributed by atoms with Crippen molar-refractivity contribution in [3.8, 4) is 0 Å². The highest BCUT2D eigenvalue weighted by molar-refractivity contribution is 5.66. The van der Waals surface area contributed by atoms with Crippen LogP contribution in [0.25, 0.3) is 0 Å². The summed E-state index contributed by atoms with van der Waals surface area (Å²) in [5.41, 5.74) is 0.216. The van der Waals surface area contributed by atoms with E-state index in [2.05, 4.69) is 19.9 Å². The van der Waals surface area contributed by atoms with E-state index in [1.807, 2.05) is 13.0 Å². The van der Waals surface area contributed by atoms with Gasteiger partial charge in [0.15, 0.2) is 0 Å². The van der Waals surface area contributed by atoms with Crippen molar-refractivity contribution in [1.82, 2.24) is 0 Å². The molecule has 11 heavy (non-hydrogen) atoms. The normalized spacial score (nSPS) is 34.1. The quantitative estimate of drug-likeness (QED) is 0.448. The maximum Gasteiger partial charge on any atom is 0.127 e. The molecule has 1 fully saturated rings. The Kier molecular flexibility index (Phi) is 1.91. The molecule has 1 rings (SSSR count). The molecule has 0 spiro atoms. The van der Waals surface area contributed by atoms with E-state index in [-0.39, 0.29) is 10.8 Å². The Labute approximate surface area is 68.5 Å². The molecule has 0 aromatic carbocycles. The number of hydrogen-bond donors (Lipinski definition) is 0. The van der Waals surface area contributed by atoms with Crippen LogP contribution in [0.3, 0.4) is 0 Å². The number of rotatable bonds is 3. The van der Waals surface area contributed by atoms with E-state index in [9.17, 15) is 4.79 Å². The van der Waals surface area contributed by atoms with Crippen LogP contribution >= 0.6 is 0 Å². The van der Waals surface area contributed by atoms with Crippen molar-refractivity contribution >= 4 is 6.29 Å². The van der Waals surface area contributed by atoms with Crippen molar-refractivity contribution < 1.29 is 4.79 Å². The molecular formula is C10H16O. The lowest BCUT2D eigenvalue weighted by atomic mass is 9.94. The molecule has 0 bridgehead atoms. The molecule has 0 amide bonds. The van der Waals surface area contributed by atoms with Gasteiger partial charge in [0, 0.05) is 5.41 Å². The van der Waals surface area contributed by atoms with Gasteiger partial charge in [-0.15, -0.1) is 0 Å². The first kappa shape index (κ1) is 8.51. The highest BCUT2D eigenvalue weighted by atomic mass is 16.1. The van der Waals surface area contributed by atoms with E-state index in [4.69, 9.17) is 0 Å². The minimum atomic E-state index is -0.0283. The topological polar surface area (TPSA) is 17.1 Å². The minimum Gasteiger partial charge on any atom is -0.303 e. The number of aldehydes is 1. The standard InChI is InChI=1S/C10H16O/c1-4-5-6-10(8-11)7-9(10,2)3/h4-5,8H,6-7H2,1-3H3/b5-4+. The monoisotopic (exact) mass is 152 g/mol. The van der Waals surface area contributed by atoms with Gasteiger partial charge in [0.2, 0.25) is 0 Å². The van der Waals surface area contributed by atoms with Crippen LogP contribution < -0.4 is 0 Å². The summed E-state index contributed by atoms with van der Waals surface area (Å²) in [7, 11) is 0. The smallest absolute Gasteiger partial charge is 0.127 e. The summed E-state index contributed by atoms with van der Waals surface area (Å²) in [6.45, 7) is 6.31. The molecule has 0 aromatic heterocycles. The fourth-order valence-corrected chi connectivity index (χ4v) is 1.67. The van der Waals surface area contributed by atoms with Crippen LogP contribution in [0.2, 0.25) is 0 Å². The van der Waals surface area contributed by atoms with Gasteiger partial charge in [0.1, 0.15) is 6.29 Å². The fourth-order valence-electron chi connectivity index (χ4n) is 1.67. The largest absolute Gasteiger partial charge is 0.303 e. The summed E-state index contributed by atoms with van der Waals surface area (Å²) in [6, 6.07) is 0. The Balaban J connectivity index is 2.60. The molecule has 0 aromatic rings. The molecule has 1 atom stereocenters. The second-order valence-corrected chi connectivity index (χ2v) is 4.11. The lowest BCUT2D eigenvalue weighted by molar-refractivity contribution is -0.113. The van der Waals surface area contributed by atoms with E-state index in [0.29, 0.717) is 0 Å².